The lowest BCUT2D eigenvalue weighted by molar-refractivity contribution is 0.0587. The Balaban J connectivity index is 1.99. The van der Waals surface area contributed by atoms with Crippen molar-refractivity contribution < 1.29 is 19.1 Å². The Morgan fingerprint density at radius 2 is 1.83 bits per heavy atom. The van der Waals surface area contributed by atoms with Gasteiger partial charge in [-0.3, -0.25) is 9.59 Å². The summed E-state index contributed by atoms with van der Waals surface area (Å²) in [4.78, 5) is 40.5. The van der Waals surface area contributed by atoms with Crippen molar-refractivity contribution in [1.29, 1.82) is 0 Å². The maximum atomic E-state index is 13.5. The largest absolute Gasteiger partial charge is 0.464 e. The van der Waals surface area contributed by atoms with E-state index < -0.39 is 12.0 Å². The molecule has 1 saturated carbocycles. The van der Waals surface area contributed by atoms with Crippen LogP contribution in [0.15, 0.2) is 24.3 Å². The third kappa shape index (κ3) is 3.69. The molecule has 1 aromatic heterocycles. The molecule has 6 nitrogen and oxygen atoms in total. The number of methoxy groups -OCH3 is 1. The van der Waals surface area contributed by atoms with Gasteiger partial charge in [0.2, 0.25) is 0 Å². The smallest absolute Gasteiger partial charge is 0.354 e. The molecule has 0 aliphatic heterocycles. The van der Waals surface area contributed by atoms with Crippen molar-refractivity contribution in [2.45, 2.75) is 45.7 Å². The second kappa shape index (κ2) is 8.03. The van der Waals surface area contributed by atoms with Crippen LogP contribution < -0.4 is 0 Å². The molecule has 0 N–H and O–H groups in total. The molecule has 1 unspecified atom stereocenters. The van der Waals surface area contributed by atoms with Gasteiger partial charge in [-0.25, -0.2) is 4.79 Å². The van der Waals surface area contributed by atoms with Gasteiger partial charge in [0.15, 0.2) is 5.78 Å². The molecule has 0 saturated heterocycles. The van der Waals surface area contributed by atoms with Gasteiger partial charge in [-0.2, -0.15) is 0 Å². The van der Waals surface area contributed by atoms with Crippen molar-refractivity contribution in [3.8, 4) is 0 Å². The summed E-state index contributed by atoms with van der Waals surface area (Å²) < 4.78 is 6.53. The molecule has 1 aliphatic carbocycles. The van der Waals surface area contributed by atoms with Crippen molar-refractivity contribution in [3.63, 3.8) is 0 Å². The molecule has 0 spiro atoms. The summed E-state index contributed by atoms with van der Waals surface area (Å²) in [5.74, 6) is -0.942. The number of nitrogens with zero attached hydrogens (tertiary/aromatic N) is 2. The summed E-state index contributed by atoms with van der Waals surface area (Å²) >= 11 is 6.23. The van der Waals surface area contributed by atoms with Crippen molar-refractivity contribution in [3.05, 3.63) is 57.4 Å². The average Bonchev–Trinajstić information content (AvgIpc) is 3.49. The van der Waals surface area contributed by atoms with Gasteiger partial charge in [-0.15, -0.1) is 0 Å². The number of amides is 1. The van der Waals surface area contributed by atoms with E-state index in [0.717, 1.165) is 12.8 Å². The number of aromatic nitrogens is 1. The molecular formula is C22H25ClN2O4. The highest BCUT2D eigenvalue weighted by atomic mass is 35.5. The lowest BCUT2D eigenvalue weighted by Crippen LogP contribution is -2.45. The summed E-state index contributed by atoms with van der Waals surface area (Å²) in [5, 5.41) is 0.364. The predicted molar refractivity (Wildman–Crippen MR) is 111 cm³/mol. The van der Waals surface area contributed by atoms with E-state index in [1.165, 1.54) is 7.11 Å². The maximum Gasteiger partial charge on any atom is 0.354 e. The number of ketones is 1. The van der Waals surface area contributed by atoms with Gasteiger partial charge in [0.05, 0.1) is 23.7 Å². The first kappa shape index (κ1) is 21.1. The molecule has 1 aromatic carbocycles. The molecule has 29 heavy (non-hydrogen) atoms. The van der Waals surface area contributed by atoms with Crippen molar-refractivity contribution in [2.75, 3.05) is 7.11 Å². The van der Waals surface area contributed by atoms with E-state index in [1.54, 1.807) is 61.6 Å². The van der Waals surface area contributed by atoms with Gasteiger partial charge in [0.25, 0.3) is 5.91 Å². The van der Waals surface area contributed by atoms with Crippen LogP contribution in [-0.2, 0) is 11.8 Å². The zero-order valence-electron chi connectivity index (χ0n) is 17.3. The van der Waals surface area contributed by atoms with Crippen LogP contribution in [0.5, 0.6) is 0 Å². The van der Waals surface area contributed by atoms with E-state index in [-0.39, 0.29) is 17.7 Å². The van der Waals surface area contributed by atoms with Gasteiger partial charge in [0.1, 0.15) is 5.69 Å². The SMILES string of the molecule is COC(=O)c1c(C)c(C(=O)C(C)N(C(=O)c2ccccc2Cl)C2CC2)c(C)n1C. The molecule has 0 radical (unpaired) electrons. The number of esters is 1. The summed E-state index contributed by atoms with van der Waals surface area (Å²) in [6, 6.07) is 6.19. The van der Waals surface area contributed by atoms with Crippen LogP contribution in [0.25, 0.3) is 0 Å². The first-order chi connectivity index (χ1) is 13.7. The van der Waals surface area contributed by atoms with E-state index >= 15 is 0 Å². The molecule has 1 heterocycles. The average molecular weight is 417 g/mol. The number of halogens is 1. The number of Topliss-reactive ketones (excluding diaryl/α,β-unsaturated/α-hetero) is 1. The zero-order valence-corrected chi connectivity index (χ0v) is 18.0. The fourth-order valence-electron chi connectivity index (χ4n) is 3.85. The van der Waals surface area contributed by atoms with Gasteiger partial charge >= 0.3 is 5.97 Å². The minimum atomic E-state index is -0.684. The number of hydrogen-bond acceptors (Lipinski definition) is 4. The maximum absolute atomic E-state index is 13.5. The lowest BCUT2D eigenvalue weighted by atomic mass is 9.99. The van der Waals surface area contributed by atoms with E-state index in [0.29, 0.717) is 33.1 Å². The van der Waals surface area contributed by atoms with Crippen LogP contribution in [0.4, 0.5) is 0 Å². The van der Waals surface area contributed by atoms with Gasteiger partial charge in [-0.05, 0) is 51.3 Å². The van der Waals surface area contributed by atoms with E-state index in [2.05, 4.69) is 0 Å². The highest BCUT2D eigenvalue weighted by Crippen LogP contribution is 2.33. The third-order valence-electron chi connectivity index (χ3n) is 5.63. The Bertz CT molecular complexity index is 991. The second-order valence-electron chi connectivity index (χ2n) is 7.45. The fraction of sp³-hybridized carbons (Fsp3) is 0.409. The number of hydrogen-bond donors (Lipinski definition) is 0. The van der Waals surface area contributed by atoms with Crippen molar-refractivity contribution in [2.24, 2.45) is 7.05 Å². The molecule has 1 fully saturated rings. The predicted octanol–water partition coefficient (Wildman–Crippen LogP) is 3.96. The Kier molecular flexibility index (Phi) is 5.85. The number of benzene rings is 1. The summed E-state index contributed by atoms with van der Waals surface area (Å²) in [5.41, 5.74) is 2.42. The first-order valence-electron chi connectivity index (χ1n) is 9.56. The highest BCUT2D eigenvalue weighted by Gasteiger charge is 2.40. The van der Waals surface area contributed by atoms with Gasteiger partial charge in [0, 0.05) is 24.3 Å². The summed E-state index contributed by atoms with van der Waals surface area (Å²) in [6.45, 7) is 5.26. The quantitative estimate of drug-likeness (QED) is 0.528. The van der Waals surface area contributed by atoms with Crippen molar-refractivity contribution >= 4 is 29.3 Å². The van der Waals surface area contributed by atoms with E-state index in [4.69, 9.17) is 16.3 Å². The van der Waals surface area contributed by atoms with Crippen LogP contribution in [0, 0.1) is 13.8 Å². The Morgan fingerprint density at radius 1 is 1.21 bits per heavy atom. The minimum Gasteiger partial charge on any atom is -0.464 e. The third-order valence-corrected chi connectivity index (χ3v) is 5.96. The molecule has 7 heteroatoms. The zero-order chi connectivity index (χ0) is 21.5. The topological polar surface area (TPSA) is 68.6 Å². The van der Waals surface area contributed by atoms with Crippen LogP contribution in [-0.4, -0.2) is 46.3 Å². The minimum absolute atomic E-state index is 0.0159. The molecule has 0 bridgehead atoms. The number of carbonyl (C=O) groups excluding carboxylic acids is 3. The van der Waals surface area contributed by atoms with E-state index in [1.807, 2.05) is 0 Å². The standard InChI is InChI=1S/C22H25ClN2O4/c1-12-18(13(2)24(4)19(12)22(28)29-5)20(26)14(3)25(15-10-11-15)21(27)16-8-6-7-9-17(16)23/h6-9,14-15H,10-11H2,1-5H3. The number of ether oxygens (including phenoxy) is 1. The second-order valence-corrected chi connectivity index (χ2v) is 7.86. The summed E-state index contributed by atoms with van der Waals surface area (Å²) in [6.07, 6.45) is 1.71. The molecule has 154 valence electrons. The highest BCUT2D eigenvalue weighted by molar-refractivity contribution is 6.33. The Hall–Kier alpha value is -2.60. The van der Waals surface area contributed by atoms with Crippen LogP contribution in [0.1, 0.15) is 62.2 Å². The molecule has 2 aromatic rings. The monoisotopic (exact) mass is 416 g/mol. The Labute approximate surface area is 175 Å². The molecule has 1 amide bonds. The molecule has 1 atom stereocenters. The van der Waals surface area contributed by atoms with Crippen LogP contribution >= 0.6 is 11.6 Å². The number of carbonyl (C=O) groups is 3. The molecular weight excluding hydrogens is 392 g/mol. The fourth-order valence-corrected chi connectivity index (χ4v) is 4.06. The first-order valence-corrected chi connectivity index (χ1v) is 9.94. The van der Waals surface area contributed by atoms with Crippen molar-refractivity contribution in [1.82, 2.24) is 9.47 Å². The Morgan fingerprint density at radius 3 is 2.38 bits per heavy atom. The number of rotatable bonds is 6. The van der Waals surface area contributed by atoms with Crippen LogP contribution in [0.2, 0.25) is 5.02 Å². The normalized spacial score (nSPS) is 14.4. The molecule has 1 aliphatic rings. The molecule has 3 rings (SSSR count). The van der Waals surface area contributed by atoms with E-state index in [9.17, 15) is 14.4 Å². The lowest BCUT2D eigenvalue weighted by Gasteiger charge is -2.29. The van der Waals surface area contributed by atoms with Gasteiger partial charge < -0.3 is 14.2 Å². The van der Waals surface area contributed by atoms with Gasteiger partial charge in [-0.1, -0.05) is 23.7 Å². The van der Waals surface area contributed by atoms with Crippen LogP contribution in [0.3, 0.4) is 0 Å². The summed E-state index contributed by atoms with van der Waals surface area (Å²) in [7, 11) is 3.04.